The maximum atomic E-state index is 13.8. The number of nitrogen functional groups attached to an aromatic ring is 1. The fraction of sp³-hybridized carbons (Fsp3) is 0.533. The molecule has 1 aliphatic heterocycles. The molecule has 1 saturated heterocycles. The molecule has 0 radical (unpaired) electrons. The van der Waals surface area contributed by atoms with Gasteiger partial charge in [0.15, 0.2) is 0 Å². The molecule has 1 aliphatic rings. The van der Waals surface area contributed by atoms with Crippen LogP contribution < -0.4 is 5.73 Å². The van der Waals surface area contributed by atoms with Crippen molar-refractivity contribution in [3.05, 3.63) is 29.6 Å². The number of rotatable bonds is 2. The number of hydrogen-bond donors (Lipinski definition) is 1. The van der Waals surface area contributed by atoms with Gasteiger partial charge < -0.3 is 10.6 Å². The molecule has 2 N–H and O–H groups in total. The van der Waals surface area contributed by atoms with Gasteiger partial charge in [-0.15, -0.1) is 0 Å². The average Bonchev–Trinajstić information content (AvgIpc) is 2.46. The van der Waals surface area contributed by atoms with E-state index in [-0.39, 0.29) is 23.7 Å². The Kier molecular flexibility index (Phi) is 3.78. The van der Waals surface area contributed by atoms with E-state index in [2.05, 4.69) is 13.8 Å². The maximum absolute atomic E-state index is 13.8. The van der Waals surface area contributed by atoms with Crippen LogP contribution in [-0.4, -0.2) is 17.4 Å². The molecule has 1 aromatic carbocycles. The summed E-state index contributed by atoms with van der Waals surface area (Å²) in [6.45, 7) is 5.27. The van der Waals surface area contributed by atoms with E-state index < -0.39 is 0 Å². The van der Waals surface area contributed by atoms with Crippen molar-refractivity contribution in [3.8, 4) is 0 Å². The summed E-state index contributed by atoms with van der Waals surface area (Å²) in [5.74, 6) is -0.246. The van der Waals surface area contributed by atoms with Gasteiger partial charge in [-0.1, -0.05) is 19.9 Å². The van der Waals surface area contributed by atoms with Crippen molar-refractivity contribution < 1.29 is 9.18 Å². The molecule has 1 aromatic rings. The third-order valence-corrected chi connectivity index (χ3v) is 3.93. The van der Waals surface area contributed by atoms with Crippen molar-refractivity contribution in [2.24, 2.45) is 5.41 Å². The number of hydrogen-bond acceptors (Lipinski definition) is 2. The van der Waals surface area contributed by atoms with Crippen molar-refractivity contribution in [1.82, 2.24) is 4.90 Å². The number of halogens is 1. The molecule has 4 heteroatoms. The van der Waals surface area contributed by atoms with E-state index in [0.29, 0.717) is 24.2 Å². The molecule has 0 aromatic heterocycles. The van der Waals surface area contributed by atoms with Crippen LogP contribution in [0, 0.1) is 11.2 Å². The lowest BCUT2D eigenvalue weighted by molar-refractivity contribution is -0.131. The topological polar surface area (TPSA) is 46.3 Å². The monoisotopic (exact) mass is 264 g/mol. The molecular formula is C15H21FN2O. The van der Waals surface area contributed by atoms with Crippen LogP contribution in [0.4, 0.5) is 10.1 Å². The van der Waals surface area contributed by atoms with Crippen molar-refractivity contribution >= 4 is 11.6 Å². The lowest BCUT2D eigenvalue weighted by atomic mass is 9.85. The largest absolute Gasteiger partial charge is 0.398 e. The summed E-state index contributed by atoms with van der Waals surface area (Å²) in [4.78, 5) is 13.8. The SMILES string of the molecule is CC1(C)CCC(=O)N(Cc2c(N)cccc2F)CC1. The van der Waals surface area contributed by atoms with Gasteiger partial charge in [-0.2, -0.15) is 0 Å². The molecule has 19 heavy (non-hydrogen) atoms. The Morgan fingerprint density at radius 1 is 1.37 bits per heavy atom. The van der Waals surface area contributed by atoms with Gasteiger partial charge in [-0.3, -0.25) is 4.79 Å². The fourth-order valence-electron chi connectivity index (χ4n) is 2.39. The van der Waals surface area contributed by atoms with Gasteiger partial charge >= 0.3 is 0 Å². The Hall–Kier alpha value is -1.58. The first-order valence-electron chi connectivity index (χ1n) is 6.70. The van der Waals surface area contributed by atoms with Gasteiger partial charge in [-0.05, 0) is 30.4 Å². The smallest absolute Gasteiger partial charge is 0.222 e. The quantitative estimate of drug-likeness (QED) is 0.835. The van der Waals surface area contributed by atoms with Crippen LogP contribution in [0.25, 0.3) is 0 Å². The number of carbonyl (C=O) groups is 1. The maximum Gasteiger partial charge on any atom is 0.222 e. The molecule has 0 saturated carbocycles. The van der Waals surface area contributed by atoms with Crippen LogP contribution in [0.15, 0.2) is 18.2 Å². The number of nitrogens with zero attached hydrogens (tertiary/aromatic N) is 1. The van der Waals surface area contributed by atoms with Crippen molar-refractivity contribution in [2.45, 2.75) is 39.7 Å². The molecule has 1 amide bonds. The Balaban J connectivity index is 2.16. The normalized spacial score (nSPS) is 19.3. The molecular weight excluding hydrogens is 243 g/mol. The van der Waals surface area contributed by atoms with Gasteiger partial charge in [0.1, 0.15) is 5.82 Å². The predicted molar refractivity (Wildman–Crippen MR) is 73.9 cm³/mol. The van der Waals surface area contributed by atoms with E-state index in [1.807, 2.05) is 0 Å². The highest BCUT2D eigenvalue weighted by Crippen LogP contribution is 2.31. The van der Waals surface area contributed by atoms with Crippen molar-refractivity contribution in [1.29, 1.82) is 0 Å². The van der Waals surface area contributed by atoms with Gasteiger partial charge in [0, 0.05) is 24.2 Å². The molecule has 0 spiro atoms. The summed E-state index contributed by atoms with van der Waals surface area (Å²) in [6.07, 6.45) is 2.35. The molecule has 0 unspecified atom stereocenters. The van der Waals surface area contributed by atoms with Gasteiger partial charge in [0.05, 0.1) is 6.54 Å². The molecule has 0 atom stereocenters. The minimum absolute atomic E-state index is 0.0910. The highest BCUT2D eigenvalue weighted by Gasteiger charge is 2.28. The summed E-state index contributed by atoms with van der Waals surface area (Å²) >= 11 is 0. The number of likely N-dealkylation sites (tertiary alicyclic amines) is 1. The Morgan fingerprint density at radius 2 is 2.11 bits per heavy atom. The van der Waals surface area contributed by atoms with Crippen LogP contribution >= 0.6 is 0 Å². The Morgan fingerprint density at radius 3 is 2.79 bits per heavy atom. The molecule has 0 bridgehead atoms. The first-order valence-corrected chi connectivity index (χ1v) is 6.70. The zero-order valence-corrected chi connectivity index (χ0v) is 11.6. The van der Waals surface area contributed by atoms with Gasteiger partial charge in [0.25, 0.3) is 0 Å². The van der Waals surface area contributed by atoms with Crippen LogP contribution in [0.1, 0.15) is 38.7 Å². The Bertz CT molecular complexity index is 465. The molecule has 3 nitrogen and oxygen atoms in total. The fourth-order valence-corrected chi connectivity index (χ4v) is 2.39. The van der Waals surface area contributed by atoms with Crippen LogP contribution in [0.5, 0.6) is 0 Å². The van der Waals surface area contributed by atoms with Crippen LogP contribution in [0.3, 0.4) is 0 Å². The van der Waals surface area contributed by atoms with Crippen molar-refractivity contribution in [2.75, 3.05) is 12.3 Å². The van der Waals surface area contributed by atoms with E-state index in [9.17, 15) is 9.18 Å². The summed E-state index contributed by atoms with van der Waals surface area (Å²) < 4.78 is 13.8. The van der Waals surface area contributed by atoms with E-state index in [1.165, 1.54) is 6.07 Å². The van der Waals surface area contributed by atoms with Crippen molar-refractivity contribution in [3.63, 3.8) is 0 Å². The van der Waals surface area contributed by atoms with E-state index in [0.717, 1.165) is 12.8 Å². The van der Waals surface area contributed by atoms with E-state index in [1.54, 1.807) is 17.0 Å². The summed E-state index contributed by atoms with van der Waals surface area (Å²) in [5.41, 5.74) is 6.81. The number of amides is 1. The van der Waals surface area contributed by atoms with E-state index >= 15 is 0 Å². The molecule has 1 fully saturated rings. The second-order valence-corrected chi connectivity index (χ2v) is 6.04. The van der Waals surface area contributed by atoms with Crippen LogP contribution in [-0.2, 0) is 11.3 Å². The van der Waals surface area contributed by atoms with E-state index in [4.69, 9.17) is 5.73 Å². The third kappa shape index (κ3) is 3.25. The summed E-state index contributed by atoms with van der Waals surface area (Å²) in [5, 5.41) is 0. The molecule has 1 heterocycles. The molecule has 104 valence electrons. The zero-order valence-electron chi connectivity index (χ0n) is 11.6. The summed E-state index contributed by atoms with van der Waals surface area (Å²) in [6, 6.07) is 4.64. The Labute approximate surface area is 113 Å². The number of anilines is 1. The number of carbonyl (C=O) groups excluding carboxylic acids is 1. The molecule has 2 rings (SSSR count). The predicted octanol–water partition coefficient (Wildman–Crippen LogP) is 2.95. The first-order chi connectivity index (χ1) is 8.89. The third-order valence-electron chi connectivity index (χ3n) is 3.93. The second kappa shape index (κ2) is 5.19. The van der Waals surface area contributed by atoms with Gasteiger partial charge in [-0.25, -0.2) is 4.39 Å². The zero-order chi connectivity index (χ0) is 14.0. The second-order valence-electron chi connectivity index (χ2n) is 6.04. The highest BCUT2D eigenvalue weighted by molar-refractivity contribution is 5.76. The lowest BCUT2D eigenvalue weighted by Crippen LogP contribution is -2.30. The standard InChI is InChI=1S/C15H21FN2O/c1-15(2)7-6-14(19)18(9-8-15)10-11-12(16)4-3-5-13(11)17/h3-5H,6-10,17H2,1-2H3. The minimum atomic E-state index is -0.337. The number of benzene rings is 1. The summed E-state index contributed by atoms with van der Waals surface area (Å²) in [7, 11) is 0. The minimum Gasteiger partial charge on any atom is -0.398 e. The first kappa shape index (κ1) is 13.8. The van der Waals surface area contributed by atoms with Gasteiger partial charge in [0.2, 0.25) is 5.91 Å². The molecule has 0 aliphatic carbocycles. The highest BCUT2D eigenvalue weighted by atomic mass is 19.1. The lowest BCUT2D eigenvalue weighted by Gasteiger charge is -2.24. The number of nitrogens with two attached hydrogens (primary N) is 1. The van der Waals surface area contributed by atoms with Crippen LogP contribution in [0.2, 0.25) is 0 Å². The average molecular weight is 264 g/mol.